The van der Waals surface area contributed by atoms with Crippen molar-refractivity contribution in [1.82, 2.24) is 4.98 Å². The van der Waals surface area contributed by atoms with Crippen LogP contribution in [0.3, 0.4) is 0 Å². The number of anilines is 3. The summed E-state index contributed by atoms with van der Waals surface area (Å²) in [6.45, 7) is 0. The molecule has 0 radical (unpaired) electrons. The standard InChI is InChI=1S/C25H21ClN4O2S/c26-18-6-4-5-17(13-18)14-24-28-22(16-33-24)15-23(31)27-20-9-11-21(12-10-20)30-25(32)29-19-7-2-1-3-8-19/h1-13,16H,14-15H2,(H,27,31)(H2,29,30,32). The number of para-hydroxylation sites is 1. The predicted molar refractivity (Wildman–Crippen MR) is 134 cm³/mol. The van der Waals surface area contributed by atoms with Crippen LogP contribution in [0.2, 0.25) is 5.02 Å². The van der Waals surface area contributed by atoms with Crippen LogP contribution in [0.25, 0.3) is 0 Å². The number of rotatable bonds is 7. The van der Waals surface area contributed by atoms with Gasteiger partial charge in [0.05, 0.1) is 17.1 Å². The molecule has 0 atom stereocenters. The molecule has 33 heavy (non-hydrogen) atoms. The van der Waals surface area contributed by atoms with E-state index in [9.17, 15) is 9.59 Å². The van der Waals surface area contributed by atoms with Crippen LogP contribution in [0.15, 0.2) is 84.2 Å². The van der Waals surface area contributed by atoms with Crippen LogP contribution in [0.1, 0.15) is 16.3 Å². The SMILES string of the molecule is O=C(Cc1csc(Cc2cccc(Cl)c2)n1)Nc1ccc(NC(=O)Nc2ccccc2)cc1. The zero-order valence-corrected chi connectivity index (χ0v) is 19.1. The Bertz CT molecular complexity index is 1240. The second kappa shape index (κ2) is 10.8. The van der Waals surface area contributed by atoms with E-state index in [2.05, 4.69) is 20.9 Å². The molecule has 0 bridgehead atoms. The number of carbonyl (C=O) groups excluding carboxylic acids is 2. The molecular formula is C25H21ClN4O2S. The van der Waals surface area contributed by atoms with E-state index < -0.39 is 0 Å². The zero-order valence-electron chi connectivity index (χ0n) is 17.5. The number of nitrogens with zero attached hydrogens (tertiary/aromatic N) is 1. The summed E-state index contributed by atoms with van der Waals surface area (Å²) in [5, 5.41) is 11.9. The van der Waals surface area contributed by atoms with Crippen LogP contribution < -0.4 is 16.0 Å². The highest BCUT2D eigenvalue weighted by molar-refractivity contribution is 7.09. The molecule has 4 aromatic rings. The Labute approximate surface area is 200 Å². The first-order valence-corrected chi connectivity index (χ1v) is 11.5. The molecule has 0 spiro atoms. The summed E-state index contributed by atoms with van der Waals surface area (Å²) in [7, 11) is 0. The molecule has 0 saturated heterocycles. The molecule has 0 aliphatic heterocycles. The summed E-state index contributed by atoms with van der Waals surface area (Å²) in [5.41, 5.74) is 3.77. The molecule has 1 aromatic heterocycles. The summed E-state index contributed by atoms with van der Waals surface area (Å²) < 4.78 is 0. The molecule has 3 amide bonds. The Kier molecular flexibility index (Phi) is 7.34. The van der Waals surface area contributed by atoms with Gasteiger partial charge in [-0.1, -0.05) is 41.9 Å². The van der Waals surface area contributed by atoms with Crippen molar-refractivity contribution in [1.29, 1.82) is 0 Å². The average Bonchev–Trinajstić information content (AvgIpc) is 3.22. The normalized spacial score (nSPS) is 10.5. The average molecular weight is 477 g/mol. The van der Waals surface area contributed by atoms with Crippen molar-refractivity contribution in [3.05, 3.63) is 106 Å². The third-order valence-corrected chi connectivity index (χ3v) is 5.78. The third kappa shape index (κ3) is 6.90. The molecule has 0 aliphatic rings. The Morgan fingerprint density at radius 2 is 1.48 bits per heavy atom. The fourth-order valence-electron chi connectivity index (χ4n) is 3.15. The fourth-order valence-corrected chi connectivity index (χ4v) is 4.20. The topological polar surface area (TPSA) is 83.1 Å². The summed E-state index contributed by atoms with van der Waals surface area (Å²) in [6.07, 6.45) is 0.866. The van der Waals surface area contributed by atoms with Gasteiger partial charge in [0.15, 0.2) is 0 Å². The maximum Gasteiger partial charge on any atom is 0.323 e. The second-order valence-electron chi connectivity index (χ2n) is 7.29. The molecular weight excluding hydrogens is 456 g/mol. The number of hydrogen-bond acceptors (Lipinski definition) is 4. The number of thiazole rings is 1. The van der Waals surface area contributed by atoms with E-state index in [4.69, 9.17) is 11.6 Å². The molecule has 1 heterocycles. The van der Waals surface area contributed by atoms with Gasteiger partial charge in [-0.2, -0.15) is 0 Å². The van der Waals surface area contributed by atoms with Crippen LogP contribution in [0.4, 0.5) is 21.9 Å². The first kappa shape index (κ1) is 22.5. The zero-order chi connectivity index (χ0) is 23.0. The molecule has 0 aliphatic carbocycles. The molecule has 0 fully saturated rings. The number of hydrogen-bond donors (Lipinski definition) is 3. The highest BCUT2D eigenvalue weighted by Gasteiger charge is 2.10. The van der Waals surface area contributed by atoms with Gasteiger partial charge >= 0.3 is 6.03 Å². The van der Waals surface area contributed by atoms with Crippen molar-refractivity contribution >= 4 is 51.9 Å². The van der Waals surface area contributed by atoms with E-state index in [-0.39, 0.29) is 18.4 Å². The summed E-state index contributed by atoms with van der Waals surface area (Å²) in [4.78, 5) is 29.1. The summed E-state index contributed by atoms with van der Waals surface area (Å²) >= 11 is 7.56. The minimum Gasteiger partial charge on any atom is -0.326 e. The molecule has 0 unspecified atom stereocenters. The summed E-state index contributed by atoms with van der Waals surface area (Å²) in [5.74, 6) is -0.155. The van der Waals surface area contributed by atoms with E-state index in [0.717, 1.165) is 16.3 Å². The quantitative estimate of drug-likeness (QED) is 0.296. The Morgan fingerprint density at radius 3 is 2.18 bits per heavy atom. The van der Waals surface area contributed by atoms with Crippen molar-refractivity contribution in [3.63, 3.8) is 0 Å². The van der Waals surface area contributed by atoms with Gasteiger partial charge in [0.1, 0.15) is 0 Å². The van der Waals surface area contributed by atoms with E-state index in [1.54, 1.807) is 36.4 Å². The lowest BCUT2D eigenvalue weighted by Gasteiger charge is -2.09. The maximum atomic E-state index is 12.4. The number of halogens is 1. The molecule has 0 saturated carbocycles. The van der Waals surface area contributed by atoms with Crippen molar-refractivity contribution in [2.24, 2.45) is 0 Å². The second-order valence-corrected chi connectivity index (χ2v) is 8.67. The van der Waals surface area contributed by atoms with Gasteiger partial charge in [-0.05, 0) is 54.1 Å². The number of nitrogens with one attached hydrogen (secondary N) is 3. The number of carbonyl (C=O) groups is 2. The third-order valence-electron chi connectivity index (χ3n) is 4.64. The first-order valence-electron chi connectivity index (χ1n) is 10.2. The van der Waals surface area contributed by atoms with Crippen LogP contribution in [0.5, 0.6) is 0 Å². The van der Waals surface area contributed by atoms with Gasteiger partial charge in [-0.3, -0.25) is 4.79 Å². The highest BCUT2D eigenvalue weighted by Crippen LogP contribution is 2.19. The Morgan fingerprint density at radius 1 is 0.818 bits per heavy atom. The van der Waals surface area contributed by atoms with E-state index in [0.29, 0.717) is 28.5 Å². The molecule has 3 N–H and O–H groups in total. The number of urea groups is 1. The van der Waals surface area contributed by atoms with Crippen LogP contribution >= 0.6 is 22.9 Å². The largest absolute Gasteiger partial charge is 0.326 e. The fraction of sp³-hybridized carbons (Fsp3) is 0.0800. The lowest BCUT2D eigenvalue weighted by molar-refractivity contribution is -0.115. The van der Waals surface area contributed by atoms with Crippen molar-refractivity contribution < 1.29 is 9.59 Å². The Balaban J connectivity index is 1.26. The molecule has 166 valence electrons. The van der Waals surface area contributed by atoms with Crippen molar-refractivity contribution in [2.45, 2.75) is 12.8 Å². The van der Waals surface area contributed by atoms with Crippen LogP contribution in [0, 0.1) is 0 Å². The van der Waals surface area contributed by atoms with Crippen molar-refractivity contribution in [3.8, 4) is 0 Å². The van der Waals surface area contributed by atoms with E-state index >= 15 is 0 Å². The van der Waals surface area contributed by atoms with E-state index in [1.807, 2.05) is 47.8 Å². The van der Waals surface area contributed by atoms with Crippen molar-refractivity contribution in [2.75, 3.05) is 16.0 Å². The molecule has 8 heteroatoms. The minimum atomic E-state index is -0.338. The number of benzene rings is 3. The monoisotopic (exact) mass is 476 g/mol. The van der Waals surface area contributed by atoms with E-state index in [1.165, 1.54) is 11.3 Å². The van der Waals surface area contributed by atoms with Gasteiger partial charge in [0.2, 0.25) is 5.91 Å². The smallest absolute Gasteiger partial charge is 0.323 e. The number of amides is 3. The van der Waals surface area contributed by atoms with Gasteiger partial charge in [0, 0.05) is 33.9 Å². The lowest BCUT2D eigenvalue weighted by Crippen LogP contribution is -2.19. The van der Waals surface area contributed by atoms with Gasteiger partial charge in [-0.15, -0.1) is 11.3 Å². The van der Waals surface area contributed by atoms with Gasteiger partial charge < -0.3 is 16.0 Å². The van der Waals surface area contributed by atoms with Crippen LogP contribution in [-0.4, -0.2) is 16.9 Å². The molecule has 3 aromatic carbocycles. The molecule has 4 rings (SSSR count). The minimum absolute atomic E-state index is 0.155. The van der Waals surface area contributed by atoms with Gasteiger partial charge in [0.25, 0.3) is 0 Å². The lowest BCUT2D eigenvalue weighted by atomic mass is 10.2. The van der Waals surface area contributed by atoms with Gasteiger partial charge in [-0.25, -0.2) is 9.78 Å². The number of aromatic nitrogens is 1. The maximum absolute atomic E-state index is 12.4. The predicted octanol–water partition coefficient (Wildman–Crippen LogP) is 6.21. The first-order chi connectivity index (χ1) is 16.0. The van der Waals surface area contributed by atoms with Crippen LogP contribution in [-0.2, 0) is 17.6 Å². The molecule has 6 nitrogen and oxygen atoms in total. The Hall–Kier alpha value is -3.68. The highest BCUT2D eigenvalue weighted by atomic mass is 35.5. The summed E-state index contributed by atoms with van der Waals surface area (Å²) in [6, 6.07) is 23.4.